The maximum absolute atomic E-state index is 12.9. The lowest BCUT2D eigenvalue weighted by Gasteiger charge is -2.33. The fraction of sp³-hybridized carbons (Fsp3) is 0.526. The van der Waals surface area contributed by atoms with Crippen molar-refractivity contribution in [2.75, 3.05) is 20.8 Å². The van der Waals surface area contributed by atoms with Gasteiger partial charge in [-0.2, -0.15) is 0 Å². The minimum absolute atomic E-state index is 0.0889. The van der Waals surface area contributed by atoms with Gasteiger partial charge >= 0.3 is 0 Å². The van der Waals surface area contributed by atoms with E-state index in [0.717, 1.165) is 19.3 Å². The van der Waals surface area contributed by atoms with Crippen molar-refractivity contribution in [1.29, 1.82) is 0 Å². The Morgan fingerprint density at radius 2 is 2.12 bits per heavy atom. The zero-order chi connectivity index (χ0) is 18.0. The molecule has 134 valence electrons. The number of aromatic nitrogens is 2. The van der Waals surface area contributed by atoms with E-state index < -0.39 is 0 Å². The van der Waals surface area contributed by atoms with E-state index in [9.17, 15) is 9.59 Å². The molecule has 1 aromatic carbocycles. The third-order valence-electron chi connectivity index (χ3n) is 5.17. The van der Waals surface area contributed by atoms with Gasteiger partial charge in [-0.3, -0.25) is 14.2 Å². The first-order valence-electron chi connectivity index (χ1n) is 8.79. The van der Waals surface area contributed by atoms with Crippen molar-refractivity contribution >= 4 is 16.8 Å². The highest BCUT2D eigenvalue weighted by atomic mass is 16.5. The topological polar surface area (TPSA) is 64.4 Å². The average Bonchev–Trinajstić information content (AvgIpc) is 2.58. The lowest BCUT2D eigenvalue weighted by molar-refractivity contribution is -0.139. The van der Waals surface area contributed by atoms with Crippen LogP contribution in [-0.4, -0.2) is 41.1 Å². The molecule has 1 aliphatic carbocycles. The number of carbonyl (C=O) groups is 1. The fourth-order valence-electron chi connectivity index (χ4n) is 3.21. The predicted molar refractivity (Wildman–Crippen MR) is 96.4 cm³/mol. The highest BCUT2D eigenvalue weighted by molar-refractivity contribution is 5.80. The van der Waals surface area contributed by atoms with Gasteiger partial charge < -0.3 is 9.64 Å². The van der Waals surface area contributed by atoms with Gasteiger partial charge in [-0.15, -0.1) is 0 Å². The quantitative estimate of drug-likeness (QED) is 0.808. The SMILES string of the molecule is COCCn1c(C(C)N(C)C(=O)C2CCC2)nc2ccccc2c1=O. The second-order valence-corrected chi connectivity index (χ2v) is 6.69. The Morgan fingerprint density at radius 1 is 1.40 bits per heavy atom. The summed E-state index contributed by atoms with van der Waals surface area (Å²) >= 11 is 0. The van der Waals surface area contributed by atoms with Gasteiger partial charge in [0.1, 0.15) is 5.82 Å². The number of fused-ring (bicyclic) bond motifs is 1. The number of rotatable bonds is 6. The van der Waals surface area contributed by atoms with Gasteiger partial charge in [0.2, 0.25) is 5.91 Å². The lowest BCUT2D eigenvalue weighted by Crippen LogP contribution is -2.40. The van der Waals surface area contributed by atoms with Crippen LogP contribution in [0.5, 0.6) is 0 Å². The molecule has 0 bridgehead atoms. The lowest BCUT2D eigenvalue weighted by atomic mass is 9.84. The maximum atomic E-state index is 12.9. The number of hydrogen-bond donors (Lipinski definition) is 0. The molecule has 1 amide bonds. The molecule has 1 unspecified atom stereocenters. The molecule has 2 aromatic rings. The van der Waals surface area contributed by atoms with Crippen LogP contribution in [-0.2, 0) is 16.1 Å². The molecule has 0 spiro atoms. The molecule has 1 aliphatic rings. The van der Waals surface area contributed by atoms with Crippen molar-refractivity contribution in [2.24, 2.45) is 5.92 Å². The number of carbonyl (C=O) groups excluding carboxylic acids is 1. The normalized spacial score (nSPS) is 15.8. The minimum atomic E-state index is -0.276. The van der Waals surface area contributed by atoms with Crippen molar-refractivity contribution in [3.63, 3.8) is 0 Å². The molecule has 1 saturated carbocycles. The summed E-state index contributed by atoms with van der Waals surface area (Å²) < 4.78 is 6.79. The minimum Gasteiger partial charge on any atom is -0.383 e. The fourth-order valence-corrected chi connectivity index (χ4v) is 3.21. The van der Waals surface area contributed by atoms with Crippen molar-refractivity contribution in [3.05, 3.63) is 40.4 Å². The van der Waals surface area contributed by atoms with E-state index in [-0.39, 0.29) is 23.4 Å². The van der Waals surface area contributed by atoms with Crippen LogP contribution in [0.15, 0.2) is 29.1 Å². The van der Waals surface area contributed by atoms with Crippen LogP contribution in [0.4, 0.5) is 0 Å². The Balaban J connectivity index is 2.03. The average molecular weight is 343 g/mol. The molecule has 1 fully saturated rings. The Kier molecular flexibility index (Phi) is 5.18. The number of nitrogens with zero attached hydrogens (tertiary/aromatic N) is 3. The first-order chi connectivity index (χ1) is 12.0. The molecule has 0 radical (unpaired) electrons. The van der Waals surface area contributed by atoms with Gasteiger partial charge in [0, 0.05) is 20.1 Å². The smallest absolute Gasteiger partial charge is 0.261 e. The predicted octanol–water partition coefficient (Wildman–Crippen LogP) is 2.36. The summed E-state index contributed by atoms with van der Waals surface area (Å²) in [7, 11) is 3.40. The van der Waals surface area contributed by atoms with Crippen LogP contribution in [0.25, 0.3) is 10.9 Å². The third-order valence-corrected chi connectivity index (χ3v) is 5.17. The number of hydrogen-bond acceptors (Lipinski definition) is 4. The van der Waals surface area contributed by atoms with E-state index in [0.29, 0.717) is 29.9 Å². The molecule has 3 rings (SSSR count). The Labute approximate surface area is 147 Å². The monoisotopic (exact) mass is 343 g/mol. The van der Waals surface area contributed by atoms with Crippen molar-refractivity contribution in [3.8, 4) is 0 Å². The zero-order valence-corrected chi connectivity index (χ0v) is 15.1. The molecule has 1 atom stereocenters. The summed E-state index contributed by atoms with van der Waals surface area (Å²) in [6.45, 7) is 2.76. The van der Waals surface area contributed by atoms with Gasteiger partial charge in [-0.05, 0) is 31.9 Å². The third kappa shape index (κ3) is 3.31. The van der Waals surface area contributed by atoms with E-state index in [1.54, 1.807) is 29.7 Å². The number of para-hydroxylation sites is 1. The van der Waals surface area contributed by atoms with E-state index in [4.69, 9.17) is 9.72 Å². The van der Waals surface area contributed by atoms with Crippen LogP contribution in [0, 0.1) is 5.92 Å². The first kappa shape index (κ1) is 17.6. The van der Waals surface area contributed by atoms with Crippen LogP contribution in [0.1, 0.15) is 38.1 Å². The van der Waals surface area contributed by atoms with E-state index in [1.165, 1.54) is 0 Å². The summed E-state index contributed by atoms with van der Waals surface area (Å²) in [5.74, 6) is 0.863. The van der Waals surface area contributed by atoms with E-state index in [2.05, 4.69) is 0 Å². The van der Waals surface area contributed by atoms with Crippen LogP contribution >= 0.6 is 0 Å². The van der Waals surface area contributed by atoms with Crippen molar-refractivity contribution < 1.29 is 9.53 Å². The summed E-state index contributed by atoms with van der Waals surface area (Å²) in [4.78, 5) is 32.0. The summed E-state index contributed by atoms with van der Waals surface area (Å²) in [6.07, 6.45) is 3.03. The molecular formula is C19H25N3O3. The molecular weight excluding hydrogens is 318 g/mol. The van der Waals surface area contributed by atoms with Gasteiger partial charge in [0.25, 0.3) is 5.56 Å². The highest BCUT2D eigenvalue weighted by Gasteiger charge is 2.31. The molecule has 6 nitrogen and oxygen atoms in total. The van der Waals surface area contributed by atoms with Crippen LogP contribution < -0.4 is 5.56 Å². The van der Waals surface area contributed by atoms with Crippen LogP contribution in [0.3, 0.4) is 0 Å². The van der Waals surface area contributed by atoms with Gasteiger partial charge in [-0.1, -0.05) is 18.6 Å². The van der Waals surface area contributed by atoms with Gasteiger partial charge in [-0.25, -0.2) is 4.98 Å². The molecule has 0 aliphatic heterocycles. The first-order valence-corrected chi connectivity index (χ1v) is 8.79. The second kappa shape index (κ2) is 7.35. The Bertz CT molecular complexity index is 826. The molecule has 1 heterocycles. The second-order valence-electron chi connectivity index (χ2n) is 6.69. The van der Waals surface area contributed by atoms with E-state index in [1.807, 2.05) is 25.1 Å². The molecule has 1 aromatic heterocycles. The van der Waals surface area contributed by atoms with Gasteiger partial charge in [0.15, 0.2) is 0 Å². The number of methoxy groups -OCH3 is 1. The van der Waals surface area contributed by atoms with Crippen LogP contribution in [0.2, 0.25) is 0 Å². The summed E-state index contributed by atoms with van der Waals surface area (Å²) in [6, 6.07) is 7.04. The zero-order valence-electron chi connectivity index (χ0n) is 15.1. The highest BCUT2D eigenvalue weighted by Crippen LogP contribution is 2.30. The van der Waals surface area contributed by atoms with Crippen molar-refractivity contribution in [1.82, 2.24) is 14.5 Å². The largest absolute Gasteiger partial charge is 0.383 e. The molecule has 6 heteroatoms. The molecule has 0 saturated heterocycles. The Morgan fingerprint density at radius 3 is 2.76 bits per heavy atom. The van der Waals surface area contributed by atoms with E-state index >= 15 is 0 Å². The standard InChI is InChI=1S/C19H25N3O3/c1-13(21(2)18(23)14-7-6-8-14)17-20-16-10-5-4-9-15(16)19(24)22(17)11-12-25-3/h4-5,9-10,13-14H,6-8,11-12H2,1-3H3. The number of benzene rings is 1. The van der Waals surface area contributed by atoms with Crippen molar-refractivity contribution in [2.45, 2.75) is 38.8 Å². The molecule has 0 N–H and O–H groups in total. The maximum Gasteiger partial charge on any atom is 0.261 e. The molecule has 25 heavy (non-hydrogen) atoms. The van der Waals surface area contributed by atoms with Gasteiger partial charge in [0.05, 0.1) is 30.1 Å². The Hall–Kier alpha value is -2.21. The summed E-state index contributed by atoms with van der Waals surface area (Å²) in [5.41, 5.74) is 0.571. The number of amides is 1. The summed E-state index contributed by atoms with van der Waals surface area (Å²) in [5, 5.41) is 0.586. The number of ether oxygens (including phenoxy) is 1.